The van der Waals surface area contributed by atoms with Crippen molar-refractivity contribution in [2.45, 2.75) is 45.1 Å². The van der Waals surface area contributed by atoms with Crippen molar-refractivity contribution >= 4 is 0 Å². The third kappa shape index (κ3) is 2.63. The van der Waals surface area contributed by atoms with Crippen LogP contribution in [0.25, 0.3) is 0 Å². The molecule has 0 saturated heterocycles. The highest BCUT2D eigenvalue weighted by atomic mass is 15.2. The van der Waals surface area contributed by atoms with E-state index in [2.05, 4.69) is 36.6 Å². The van der Waals surface area contributed by atoms with Gasteiger partial charge in [-0.05, 0) is 31.2 Å². The van der Waals surface area contributed by atoms with Gasteiger partial charge in [-0.2, -0.15) is 0 Å². The summed E-state index contributed by atoms with van der Waals surface area (Å²) in [6.45, 7) is 2.12. The molecule has 0 amide bonds. The molecule has 16 heavy (non-hydrogen) atoms. The van der Waals surface area contributed by atoms with Gasteiger partial charge in [-0.1, -0.05) is 49.1 Å². The number of rotatable bonds is 3. The molecule has 1 aliphatic rings. The number of hydrogen-bond acceptors (Lipinski definition) is 2. The average Bonchev–Trinajstić information content (AvgIpc) is 2.34. The summed E-state index contributed by atoms with van der Waals surface area (Å²) in [5.41, 5.74) is 5.65. The van der Waals surface area contributed by atoms with Crippen molar-refractivity contribution in [1.82, 2.24) is 5.43 Å². The number of aryl methyl sites for hydroxylation is 1. The maximum absolute atomic E-state index is 5.72. The lowest BCUT2D eigenvalue weighted by Crippen LogP contribution is -2.34. The Balaban J connectivity index is 2.11. The maximum Gasteiger partial charge on any atom is 0.0488 e. The van der Waals surface area contributed by atoms with Crippen molar-refractivity contribution in [2.75, 3.05) is 0 Å². The van der Waals surface area contributed by atoms with Gasteiger partial charge in [0.1, 0.15) is 0 Å². The molecular formula is C14H22N2. The summed E-state index contributed by atoms with van der Waals surface area (Å²) >= 11 is 0. The minimum atomic E-state index is 0.334. The van der Waals surface area contributed by atoms with E-state index in [0.29, 0.717) is 12.0 Å². The second-order valence-electron chi connectivity index (χ2n) is 4.95. The Hall–Kier alpha value is -0.860. The Bertz CT molecular complexity index is 312. The van der Waals surface area contributed by atoms with Crippen LogP contribution in [0, 0.1) is 12.8 Å². The molecule has 1 aliphatic carbocycles. The molecule has 3 N–H and O–H groups in total. The molecule has 2 heteroatoms. The Morgan fingerprint density at radius 1 is 1.12 bits per heavy atom. The van der Waals surface area contributed by atoms with Crippen molar-refractivity contribution in [3.05, 3.63) is 35.4 Å². The summed E-state index contributed by atoms with van der Waals surface area (Å²) in [6.07, 6.45) is 6.72. The van der Waals surface area contributed by atoms with Crippen molar-refractivity contribution in [1.29, 1.82) is 0 Å². The summed E-state index contributed by atoms with van der Waals surface area (Å²) in [5, 5.41) is 0. The summed E-state index contributed by atoms with van der Waals surface area (Å²) in [4.78, 5) is 0. The van der Waals surface area contributed by atoms with Crippen molar-refractivity contribution < 1.29 is 0 Å². The number of nitrogens with two attached hydrogens (primary N) is 1. The molecule has 1 saturated carbocycles. The van der Waals surface area contributed by atoms with Crippen LogP contribution in [0.5, 0.6) is 0 Å². The van der Waals surface area contributed by atoms with Crippen LogP contribution in [-0.4, -0.2) is 0 Å². The van der Waals surface area contributed by atoms with E-state index < -0.39 is 0 Å². The van der Waals surface area contributed by atoms with Crippen molar-refractivity contribution in [3.8, 4) is 0 Å². The van der Waals surface area contributed by atoms with Crippen LogP contribution in [0.4, 0.5) is 0 Å². The Labute approximate surface area is 98.2 Å². The van der Waals surface area contributed by atoms with E-state index >= 15 is 0 Å². The minimum absolute atomic E-state index is 0.334. The van der Waals surface area contributed by atoms with Gasteiger partial charge in [-0.3, -0.25) is 11.3 Å². The van der Waals surface area contributed by atoms with E-state index in [4.69, 9.17) is 5.84 Å². The summed E-state index contributed by atoms with van der Waals surface area (Å²) in [5.74, 6) is 6.43. The summed E-state index contributed by atoms with van der Waals surface area (Å²) < 4.78 is 0. The fourth-order valence-electron chi connectivity index (χ4n) is 2.75. The third-order valence-electron chi connectivity index (χ3n) is 3.74. The lowest BCUT2D eigenvalue weighted by atomic mass is 9.81. The van der Waals surface area contributed by atoms with Crippen LogP contribution in [0.1, 0.15) is 49.3 Å². The van der Waals surface area contributed by atoms with Crippen molar-refractivity contribution in [2.24, 2.45) is 11.8 Å². The first kappa shape index (κ1) is 11.6. The standard InChI is InChI=1S/C14H22N2/c1-11-7-9-13(10-8-11)14(16-15)12-5-3-2-4-6-12/h7-10,12,14,16H,2-6,15H2,1H3. The maximum atomic E-state index is 5.72. The molecule has 1 aromatic carbocycles. The van der Waals surface area contributed by atoms with Crippen LogP contribution < -0.4 is 11.3 Å². The van der Waals surface area contributed by atoms with E-state index in [0.717, 1.165) is 0 Å². The molecule has 1 atom stereocenters. The molecule has 0 heterocycles. The van der Waals surface area contributed by atoms with Gasteiger partial charge >= 0.3 is 0 Å². The second kappa shape index (κ2) is 5.46. The normalized spacial score (nSPS) is 19.6. The fraction of sp³-hybridized carbons (Fsp3) is 0.571. The number of nitrogens with one attached hydrogen (secondary N) is 1. The highest BCUT2D eigenvalue weighted by Crippen LogP contribution is 2.33. The highest BCUT2D eigenvalue weighted by Gasteiger charge is 2.23. The molecule has 0 radical (unpaired) electrons. The molecule has 1 unspecified atom stereocenters. The van der Waals surface area contributed by atoms with Gasteiger partial charge in [0.15, 0.2) is 0 Å². The molecule has 1 fully saturated rings. The Morgan fingerprint density at radius 3 is 2.31 bits per heavy atom. The van der Waals surface area contributed by atoms with E-state index in [1.54, 1.807) is 0 Å². The second-order valence-corrected chi connectivity index (χ2v) is 4.95. The van der Waals surface area contributed by atoms with E-state index in [1.807, 2.05) is 0 Å². The van der Waals surface area contributed by atoms with E-state index in [-0.39, 0.29) is 0 Å². The molecule has 1 aromatic rings. The van der Waals surface area contributed by atoms with Gasteiger partial charge in [0.05, 0.1) is 0 Å². The van der Waals surface area contributed by atoms with E-state index in [1.165, 1.54) is 43.2 Å². The molecule has 0 bridgehead atoms. The Morgan fingerprint density at radius 2 is 1.75 bits per heavy atom. The first-order valence-electron chi connectivity index (χ1n) is 6.34. The predicted molar refractivity (Wildman–Crippen MR) is 67.8 cm³/mol. The number of benzene rings is 1. The lowest BCUT2D eigenvalue weighted by molar-refractivity contribution is 0.273. The van der Waals surface area contributed by atoms with E-state index in [9.17, 15) is 0 Å². The van der Waals surface area contributed by atoms with Gasteiger partial charge in [0.25, 0.3) is 0 Å². The topological polar surface area (TPSA) is 38.0 Å². The largest absolute Gasteiger partial charge is 0.271 e. The zero-order chi connectivity index (χ0) is 11.4. The summed E-state index contributed by atoms with van der Waals surface area (Å²) in [7, 11) is 0. The highest BCUT2D eigenvalue weighted by molar-refractivity contribution is 5.24. The molecule has 2 nitrogen and oxygen atoms in total. The van der Waals surface area contributed by atoms with Crippen LogP contribution >= 0.6 is 0 Å². The fourth-order valence-corrected chi connectivity index (χ4v) is 2.75. The van der Waals surface area contributed by atoms with Crippen LogP contribution in [-0.2, 0) is 0 Å². The SMILES string of the molecule is Cc1ccc(C(NN)C2CCCCC2)cc1. The first-order chi connectivity index (χ1) is 7.81. The predicted octanol–water partition coefficient (Wildman–Crippen LogP) is 3.08. The van der Waals surface area contributed by atoms with Crippen LogP contribution in [0.15, 0.2) is 24.3 Å². The van der Waals surface area contributed by atoms with Gasteiger partial charge in [-0.25, -0.2) is 0 Å². The zero-order valence-electron chi connectivity index (χ0n) is 10.1. The molecule has 2 rings (SSSR count). The van der Waals surface area contributed by atoms with Gasteiger partial charge < -0.3 is 0 Å². The smallest absolute Gasteiger partial charge is 0.0488 e. The monoisotopic (exact) mass is 218 g/mol. The third-order valence-corrected chi connectivity index (χ3v) is 3.74. The van der Waals surface area contributed by atoms with Gasteiger partial charge in [0.2, 0.25) is 0 Å². The quantitative estimate of drug-likeness (QED) is 0.604. The van der Waals surface area contributed by atoms with Crippen LogP contribution in [0.3, 0.4) is 0 Å². The first-order valence-corrected chi connectivity index (χ1v) is 6.34. The van der Waals surface area contributed by atoms with Gasteiger partial charge in [0, 0.05) is 6.04 Å². The van der Waals surface area contributed by atoms with Gasteiger partial charge in [-0.15, -0.1) is 0 Å². The number of hydrogen-bond donors (Lipinski definition) is 2. The minimum Gasteiger partial charge on any atom is -0.271 e. The molecule has 0 aliphatic heterocycles. The lowest BCUT2D eigenvalue weighted by Gasteiger charge is -2.30. The van der Waals surface area contributed by atoms with Crippen molar-refractivity contribution in [3.63, 3.8) is 0 Å². The molecule has 0 spiro atoms. The van der Waals surface area contributed by atoms with Crippen LogP contribution in [0.2, 0.25) is 0 Å². The summed E-state index contributed by atoms with van der Waals surface area (Å²) in [6, 6.07) is 9.08. The zero-order valence-corrected chi connectivity index (χ0v) is 10.1. The Kier molecular flexibility index (Phi) is 3.97. The average molecular weight is 218 g/mol. The molecular weight excluding hydrogens is 196 g/mol. The molecule has 0 aromatic heterocycles. The number of hydrazine groups is 1. The molecule has 88 valence electrons.